The Kier molecular flexibility index (Phi) is 5.76. The number of carbonyl (C=O) groups is 1. The highest BCUT2D eigenvalue weighted by atomic mass is 32.2. The molecule has 144 valence electrons. The van der Waals surface area contributed by atoms with Gasteiger partial charge in [0.1, 0.15) is 0 Å². The summed E-state index contributed by atoms with van der Waals surface area (Å²) in [6.07, 6.45) is 1.88. The zero-order valence-electron chi connectivity index (χ0n) is 15.6. The van der Waals surface area contributed by atoms with Crippen molar-refractivity contribution in [3.8, 4) is 0 Å². The van der Waals surface area contributed by atoms with E-state index in [2.05, 4.69) is 10.2 Å². The summed E-state index contributed by atoms with van der Waals surface area (Å²) in [4.78, 5) is 14.3. The summed E-state index contributed by atoms with van der Waals surface area (Å²) in [7, 11) is -3.49. The molecular weight excluding hydrogens is 364 g/mol. The maximum atomic E-state index is 12.5. The van der Waals surface area contributed by atoms with Crippen LogP contribution in [0.4, 0.5) is 0 Å². The molecule has 2 heterocycles. The Labute approximate surface area is 159 Å². The molecule has 1 saturated heterocycles. The Morgan fingerprint density at radius 3 is 2.41 bits per heavy atom. The number of nitrogens with one attached hydrogen (secondary N) is 1. The summed E-state index contributed by atoms with van der Waals surface area (Å²) in [6.45, 7) is 5.16. The van der Waals surface area contributed by atoms with E-state index in [1.54, 1.807) is 11.0 Å². The smallest absolute Gasteiger partial charge is 0.236 e. The summed E-state index contributed by atoms with van der Waals surface area (Å²) < 4.78 is 26.4. The van der Waals surface area contributed by atoms with E-state index in [0.717, 1.165) is 22.5 Å². The number of sulfonamides is 1. The fourth-order valence-corrected chi connectivity index (χ4v) is 4.28. The highest BCUT2D eigenvalue weighted by molar-refractivity contribution is 7.92. The molecule has 0 atom stereocenters. The maximum absolute atomic E-state index is 12.5. The number of piperazine rings is 1. The minimum Gasteiger partial charge on any atom is -0.340 e. The van der Waals surface area contributed by atoms with Crippen LogP contribution in [-0.4, -0.2) is 59.9 Å². The molecule has 1 amide bonds. The van der Waals surface area contributed by atoms with Crippen LogP contribution in [0.3, 0.4) is 0 Å². The SMILES string of the molecule is Cc1n[nH]c(C)c1CC(=O)N1CCN(S(=O)(=O)/C=C/c2ccccc2)CC1. The lowest BCUT2D eigenvalue weighted by atomic mass is 10.1. The second-order valence-corrected chi connectivity index (χ2v) is 8.45. The fourth-order valence-electron chi connectivity index (χ4n) is 3.10. The highest BCUT2D eigenvalue weighted by Crippen LogP contribution is 2.15. The number of amides is 1. The molecule has 1 aromatic heterocycles. The largest absolute Gasteiger partial charge is 0.340 e. The topological polar surface area (TPSA) is 86.4 Å². The minimum absolute atomic E-state index is 0.000486. The first-order chi connectivity index (χ1) is 12.9. The lowest BCUT2D eigenvalue weighted by Crippen LogP contribution is -2.50. The van der Waals surface area contributed by atoms with Crippen LogP contribution in [0, 0.1) is 13.8 Å². The van der Waals surface area contributed by atoms with E-state index < -0.39 is 10.0 Å². The van der Waals surface area contributed by atoms with Gasteiger partial charge in [-0.25, -0.2) is 8.42 Å². The van der Waals surface area contributed by atoms with Gasteiger partial charge in [-0.15, -0.1) is 0 Å². The summed E-state index contributed by atoms with van der Waals surface area (Å²) in [6, 6.07) is 9.31. The van der Waals surface area contributed by atoms with E-state index in [9.17, 15) is 13.2 Å². The molecule has 0 unspecified atom stereocenters. The van der Waals surface area contributed by atoms with Crippen molar-refractivity contribution in [1.29, 1.82) is 0 Å². The van der Waals surface area contributed by atoms with Gasteiger partial charge in [0.05, 0.1) is 12.1 Å². The third kappa shape index (κ3) is 4.64. The molecule has 0 radical (unpaired) electrons. The monoisotopic (exact) mass is 388 g/mol. The van der Waals surface area contributed by atoms with Gasteiger partial charge in [0.2, 0.25) is 15.9 Å². The summed E-state index contributed by atoms with van der Waals surface area (Å²) in [5, 5.41) is 8.23. The van der Waals surface area contributed by atoms with Gasteiger partial charge in [-0.2, -0.15) is 9.40 Å². The number of carbonyl (C=O) groups excluding carboxylic acids is 1. The number of aromatic amines is 1. The zero-order valence-corrected chi connectivity index (χ0v) is 16.4. The second-order valence-electron chi connectivity index (χ2n) is 6.63. The molecule has 0 saturated carbocycles. The molecule has 0 spiro atoms. The zero-order chi connectivity index (χ0) is 19.4. The number of nitrogens with zero attached hydrogens (tertiary/aromatic N) is 3. The lowest BCUT2D eigenvalue weighted by molar-refractivity contribution is -0.131. The van der Waals surface area contributed by atoms with Gasteiger partial charge in [-0.1, -0.05) is 30.3 Å². The van der Waals surface area contributed by atoms with Crippen molar-refractivity contribution < 1.29 is 13.2 Å². The number of aryl methyl sites for hydroxylation is 2. The van der Waals surface area contributed by atoms with E-state index in [4.69, 9.17) is 0 Å². The average molecular weight is 388 g/mol. The van der Waals surface area contributed by atoms with Crippen LogP contribution in [0.5, 0.6) is 0 Å². The van der Waals surface area contributed by atoms with E-state index >= 15 is 0 Å². The Balaban J connectivity index is 1.58. The van der Waals surface area contributed by atoms with Crippen LogP contribution in [-0.2, 0) is 21.2 Å². The number of benzene rings is 1. The summed E-state index contributed by atoms with van der Waals surface area (Å²) in [5.41, 5.74) is 3.47. The molecule has 1 fully saturated rings. The van der Waals surface area contributed by atoms with Crippen molar-refractivity contribution in [1.82, 2.24) is 19.4 Å². The first-order valence-corrected chi connectivity index (χ1v) is 10.4. The van der Waals surface area contributed by atoms with Crippen LogP contribution in [0.1, 0.15) is 22.5 Å². The number of H-pyrrole nitrogens is 1. The van der Waals surface area contributed by atoms with Crippen LogP contribution in [0.2, 0.25) is 0 Å². The number of hydrogen-bond donors (Lipinski definition) is 1. The van der Waals surface area contributed by atoms with Crippen molar-refractivity contribution >= 4 is 22.0 Å². The van der Waals surface area contributed by atoms with E-state index in [1.165, 1.54) is 9.71 Å². The van der Waals surface area contributed by atoms with Crippen molar-refractivity contribution in [2.45, 2.75) is 20.3 Å². The third-order valence-corrected chi connectivity index (χ3v) is 6.36. The molecule has 3 rings (SSSR count). The Bertz CT molecular complexity index is 908. The molecule has 1 aliphatic heterocycles. The molecule has 7 nitrogen and oxygen atoms in total. The lowest BCUT2D eigenvalue weighted by Gasteiger charge is -2.33. The summed E-state index contributed by atoms with van der Waals surface area (Å²) >= 11 is 0. The molecule has 0 bridgehead atoms. The number of aromatic nitrogens is 2. The maximum Gasteiger partial charge on any atom is 0.236 e. The van der Waals surface area contributed by atoms with Crippen LogP contribution in [0.15, 0.2) is 35.7 Å². The van der Waals surface area contributed by atoms with E-state index in [1.807, 2.05) is 44.2 Å². The van der Waals surface area contributed by atoms with Crippen molar-refractivity contribution in [2.75, 3.05) is 26.2 Å². The van der Waals surface area contributed by atoms with Gasteiger partial charge in [0, 0.05) is 42.8 Å². The Morgan fingerprint density at radius 1 is 1.15 bits per heavy atom. The number of hydrogen-bond acceptors (Lipinski definition) is 4. The predicted molar refractivity (Wildman–Crippen MR) is 104 cm³/mol. The van der Waals surface area contributed by atoms with Gasteiger partial charge >= 0.3 is 0 Å². The highest BCUT2D eigenvalue weighted by Gasteiger charge is 2.27. The summed E-state index contributed by atoms with van der Waals surface area (Å²) in [5.74, 6) is -0.000486. The third-order valence-electron chi connectivity index (χ3n) is 4.79. The van der Waals surface area contributed by atoms with Crippen LogP contribution >= 0.6 is 0 Å². The molecule has 1 N–H and O–H groups in total. The van der Waals surface area contributed by atoms with Gasteiger partial charge < -0.3 is 4.90 Å². The molecule has 1 aliphatic rings. The van der Waals surface area contributed by atoms with Crippen molar-refractivity contribution in [2.24, 2.45) is 0 Å². The Morgan fingerprint density at radius 2 is 1.81 bits per heavy atom. The molecule has 1 aromatic carbocycles. The van der Waals surface area contributed by atoms with Crippen LogP contribution < -0.4 is 0 Å². The van der Waals surface area contributed by atoms with Gasteiger partial charge in [-0.3, -0.25) is 9.89 Å². The minimum atomic E-state index is -3.49. The van der Waals surface area contributed by atoms with Crippen molar-refractivity contribution in [3.63, 3.8) is 0 Å². The van der Waals surface area contributed by atoms with Gasteiger partial charge in [0.25, 0.3) is 0 Å². The molecule has 0 aliphatic carbocycles. The van der Waals surface area contributed by atoms with Gasteiger partial charge in [0.15, 0.2) is 0 Å². The molecule has 2 aromatic rings. The first-order valence-electron chi connectivity index (χ1n) is 8.88. The Hall–Kier alpha value is -2.45. The normalized spacial score (nSPS) is 16.1. The molecule has 8 heteroatoms. The van der Waals surface area contributed by atoms with E-state index in [0.29, 0.717) is 26.2 Å². The van der Waals surface area contributed by atoms with E-state index in [-0.39, 0.29) is 12.3 Å². The average Bonchev–Trinajstić information content (AvgIpc) is 2.99. The van der Waals surface area contributed by atoms with Gasteiger partial charge in [-0.05, 0) is 25.5 Å². The predicted octanol–water partition coefficient (Wildman–Crippen LogP) is 1.71. The number of rotatable bonds is 5. The molecule has 27 heavy (non-hydrogen) atoms. The molecular formula is C19H24N4O3S. The quantitative estimate of drug-likeness (QED) is 0.845. The first kappa shape index (κ1) is 19.3. The fraction of sp³-hybridized carbons (Fsp3) is 0.368. The standard InChI is InChI=1S/C19H24N4O3S/c1-15-18(16(2)21-20-15)14-19(24)22-9-11-23(12-10-22)27(25,26)13-8-17-6-4-3-5-7-17/h3-8,13H,9-12,14H2,1-2H3,(H,20,21)/b13-8+. The van der Waals surface area contributed by atoms with Crippen molar-refractivity contribution in [3.05, 3.63) is 58.3 Å². The second kappa shape index (κ2) is 8.06. The van der Waals surface area contributed by atoms with Crippen LogP contribution in [0.25, 0.3) is 6.08 Å².